The molecule has 0 aliphatic carbocycles. The van der Waals surface area contributed by atoms with Crippen molar-refractivity contribution in [3.05, 3.63) is 12.1 Å². The van der Waals surface area contributed by atoms with E-state index in [1.807, 2.05) is 13.8 Å². The van der Waals surface area contributed by atoms with Crippen LogP contribution in [0.2, 0.25) is 0 Å². The van der Waals surface area contributed by atoms with Crippen LogP contribution in [0.25, 0.3) is 0 Å². The Hall–Kier alpha value is -1.65. The number of piperidine rings is 1. The number of nitrogens with zero attached hydrogens (tertiary/aromatic N) is 2. The van der Waals surface area contributed by atoms with Crippen LogP contribution in [0, 0.1) is 5.92 Å². The number of carbonyl (C=O) groups is 2. The SMILES string of the molecule is CC[C@H](C)NC(=O)[C@H]1CCCN(C(=O)Nc2ccc(S(=O)(=O)N3CCCCCC3)s2)C1. The number of likely N-dealkylation sites (tertiary alicyclic amines) is 1. The van der Waals surface area contributed by atoms with Crippen molar-refractivity contribution in [1.29, 1.82) is 0 Å². The molecule has 2 N–H and O–H groups in total. The first kappa shape index (κ1) is 24.0. The minimum absolute atomic E-state index is 0.00574. The number of anilines is 1. The summed E-state index contributed by atoms with van der Waals surface area (Å²) in [6.07, 6.45) is 6.29. The fourth-order valence-corrected chi connectivity index (χ4v) is 6.83. The second-order valence-corrected chi connectivity index (χ2v) is 11.7. The number of carbonyl (C=O) groups excluding carboxylic acids is 2. The maximum absolute atomic E-state index is 12.9. The van der Waals surface area contributed by atoms with Crippen molar-refractivity contribution in [2.45, 2.75) is 69.0 Å². The van der Waals surface area contributed by atoms with Crippen molar-refractivity contribution in [3.63, 3.8) is 0 Å². The molecule has 2 atom stereocenters. The molecule has 0 bridgehead atoms. The van der Waals surface area contributed by atoms with Crippen molar-refractivity contribution in [2.24, 2.45) is 5.92 Å². The van der Waals surface area contributed by atoms with Gasteiger partial charge < -0.3 is 10.2 Å². The number of hydrogen-bond donors (Lipinski definition) is 2. The molecule has 1 aromatic rings. The monoisotopic (exact) mass is 470 g/mol. The normalized spacial score (nSPS) is 21.9. The first-order chi connectivity index (χ1) is 14.8. The molecule has 8 nitrogen and oxygen atoms in total. The molecule has 0 aromatic carbocycles. The van der Waals surface area contributed by atoms with Crippen LogP contribution < -0.4 is 10.6 Å². The maximum atomic E-state index is 12.9. The van der Waals surface area contributed by atoms with Gasteiger partial charge in [-0.3, -0.25) is 10.1 Å². The van der Waals surface area contributed by atoms with Crippen molar-refractivity contribution >= 4 is 38.3 Å². The van der Waals surface area contributed by atoms with Gasteiger partial charge in [-0.15, -0.1) is 11.3 Å². The largest absolute Gasteiger partial charge is 0.353 e. The Morgan fingerprint density at radius 2 is 1.84 bits per heavy atom. The van der Waals surface area contributed by atoms with Gasteiger partial charge in [-0.2, -0.15) is 4.31 Å². The lowest BCUT2D eigenvalue weighted by molar-refractivity contribution is -0.126. The molecule has 31 heavy (non-hydrogen) atoms. The highest BCUT2D eigenvalue weighted by Gasteiger charge is 2.30. The number of nitrogens with one attached hydrogen (secondary N) is 2. The van der Waals surface area contributed by atoms with Crippen LogP contribution in [-0.2, 0) is 14.8 Å². The van der Waals surface area contributed by atoms with E-state index in [9.17, 15) is 18.0 Å². The zero-order chi connectivity index (χ0) is 22.4. The minimum Gasteiger partial charge on any atom is -0.353 e. The summed E-state index contributed by atoms with van der Waals surface area (Å²) in [5.41, 5.74) is 0. The predicted octanol–water partition coefficient (Wildman–Crippen LogP) is 3.47. The summed E-state index contributed by atoms with van der Waals surface area (Å²) < 4.78 is 27.7. The van der Waals surface area contributed by atoms with Gasteiger partial charge in [0.05, 0.1) is 10.9 Å². The molecule has 1 aromatic heterocycles. The van der Waals surface area contributed by atoms with Gasteiger partial charge in [-0.25, -0.2) is 13.2 Å². The zero-order valence-corrected chi connectivity index (χ0v) is 20.1. The number of thiophene rings is 1. The average molecular weight is 471 g/mol. The highest BCUT2D eigenvalue weighted by atomic mass is 32.2. The first-order valence-corrected chi connectivity index (χ1v) is 13.5. The third kappa shape index (κ3) is 6.20. The standard InChI is InChI=1S/C21H34N4O4S2/c1-3-16(2)22-20(26)17-9-8-12-24(15-17)21(27)23-18-10-11-19(30-18)31(28,29)25-13-6-4-5-7-14-25/h10-11,16-17H,3-9,12-15H2,1-2H3,(H,22,26)(H,23,27)/t16-,17-/m0/s1. The second-order valence-electron chi connectivity index (χ2n) is 8.47. The quantitative estimate of drug-likeness (QED) is 0.665. The Labute approximate surface area is 189 Å². The highest BCUT2D eigenvalue weighted by Crippen LogP contribution is 2.30. The first-order valence-electron chi connectivity index (χ1n) is 11.3. The summed E-state index contributed by atoms with van der Waals surface area (Å²) in [5, 5.41) is 6.32. The van der Waals surface area contributed by atoms with E-state index in [2.05, 4.69) is 10.6 Å². The van der Waals surface area contributed by atoms with Crippen LogP contribution in [0.15, 0.2) is 16.3 Å². The van der Waals surface area contributed by atoms with Gasteiger partial charge >= 0.3 is 6.03 Å². The summed E-state index contributed by atoms with van der Waals surface area (Å²) >= 11 is 1.08. The third-order valence-corrected chi connectivity index (χ3v) is 9.42. The van der Waals surface area contributed by atoms with E-state index in [1.54, 1.807) is 21.3 Å². The van der Waals surface area contributed by atoms with E-state index in [0.29, 0.717) is 31.2 Å². The minimum atomic E-state index is -3.53. The molecule has 10 heteroatoms. The maximum Gasteiger partial charge on any atom is 0.322 e. The summed E-state index contributed by atoms with van der Waals surface area (Å²) in [6.45, 7) is 6.06. The Balaban J connectivity index is 1.59. The molecule has 3 rings (SSSR count). The fourth-order valence-electron chi connectivity index (χ4n) is 3.96. The highest BCUT2D eigenvalue weighted by molar-refractivity contribution is 7.91. The molecule has 0 unspecified atom stereocenters. The summed E-state index contributed by atoms with van der Waals surface area (Å²) in [5.74, 6) is -0.218. The summed E-state index contributed by atoms with van der Waals surface area (Å²) in [7, 11) is -3.53. The predicted molar refractivity (Wildman–Crippen MR) is 123 cm³/mol. The van der Waals surface area contributed by atoms with Crippen molar-refractivity contribution in [3.8, 4) is 0 Å². The van der Waals surface area contributed by atoms with Gasteiger partial charge in [0.1, 0.15) is 4.21 Å². The molecule has 3 heterocycles. The van der Waals surface area contributed by atoms with Crippen molar-refractivity contribution in [1.82, 2.24) is 14.5 Å². The number of rotatable bonds is 6. The van der Waals surface area contributed by atoms with Crippen molar-refractivity contribution < 1.29 is 18.0 Å². The van der Waals surface area contributed by atoms with Crippen LogP contribution in [0.5, 0.6) is 0 Å². The average Bonchev–Trinajstić information content (AvgIpc) is 3.06. The van der Waals surface area contributed by atoms with E-state index in [1.165, 1.54) is 0 Å². The van der Waals surface area contributed by atoms with Gasteiger partial charge in [0.25, 0.3) is 10.0 Å². The van der Waals surface area contributed by atoms with E-state index in [4.69, 9.17) is 0 Å². The zero-order valence-electron chi connectivity index (χ0n) is 18.4. The van der Waals surface area contributed by atoms with Crippen LogP contribution in [-0.4, -0.2) is 61.8 Å². The van der Waals surface area contributed by atoms with E-state index in [0.717, 1.165) is 56.3 Å². The molecule has 174 valence electrons. The van der Waals surface area contributed by atoms with Gasteiger partial charge in [0.15, 0.2) is 0 Å². The number of amides is 3. The molecule has 0 radical (unpaired) electrons. The number of hydrogen-bond acceptors (Lipinski definition) is 5. The molecular formula is C21H34N4O4S2. The van der Waals surface area contributed by atoms with Crippen LogP contribution in [0.1, 0.15) is 58.8 Å². The Morgan fingerprint density at radius 1 is 1.13 bits per heavy atom. The molecule has 2 aliphatic rings. The summed E-state index contributed by atoms with van der Waals surface area (Å²) in [6, 6.07) is 3.04. The van der Waals surface area contributed by atoms with Gasteiger partial charge in [0, 0.05) is 32.2 Å². The molecule has 2 aliphatic heterocycles. The van der Waals surface area contributed by atoms with E-state index in [-0.39, 0.29) is 28.1 Å². The molecule has 2 saturated heterocycles. The number of urea groups is 1. The van der Waals surface area contributed by atoms with Crippen LogP contribution in [0.3, 0.4) is 0 Å². The Bertz CT molecular complexity index is 862. The lowest BCUT2D eigenvalue weighted by atomic mass is 9.97. The molecule has 0 spiro atoms. The summed E-state index contributed by atoms with van der Waals surface area (Å²) in [4.78, 5) is 26.8. The van der Waals surface area contributed by atoms with E-state index >= 15 is 0 Å². The Kier molecular flexibility index (Phi) is 8.35. The van der Waals surface area contributed by atoms with Crippen LogP contribution >= 0.6 is 11.3 Å². The van der Waals surface area contributed by atoms with E-state index < -0.39 is 10.0 Å². The van der Waals surface area contributed by atoms with Gasteiger partial charge in [-0.1, -0.05) is 19.8 Å². The third-order valence-electron chi connectivity index (χ3n) is 6.05. The molecule has 0 saturated carbocycles. The lowest BCUT2D eigenvalue weighted by Gasteiger charge is -2.32. The molecular weight excluding hydrogens is 436 g/mol. The number of sulfonamides is 1. The fraction of sp³-hybridized carbons (Fsp3) is 0.714. The van der Waals surface area contributed by atoms with Crippen LogP contribution in [0.4, 0.5) is 9.80 Å². The van der Waals surface area contributed by atoms with Gasteiger partial charge in [-0.05, 0) is 51.2 Å². The van der Waals surface area contributed by atoms with Gasteiger partial charge in [0.2, 0.25) is 5.91 Å². The smallest absolute Gasteiger partial charge is 0.322 e. The molecule has 2 fully saturated rings. The van der Waals surface area contributed by atoms with Crippen molar-refractivity contribution in [2.75, 3.05) is 31.5 Å². The molecule has 3 amide bonds. The Morgan fingerprint density at radius 3 is 2.52 bits per heavy atom. The lowest BCUT2D eigenvalue weighted by Crippen LogP contribution is -2.48. The second kappa shape index (κ2) is 10.8. The topological polar surface area (TPSA) is 98.8 Å².